The maximum Gasteiger partial charge on any atom is 0.246 e. The monoisotopic (exact) mass is 597 g/mol. The van der Waals surface area contributed by atoms with Gasteiger partial charge in [0.15, 0.2) is 23.1 Å². The van der Waals surface area contributed by atoms with Gasteiger partial charge in [-0.25, -0.2) is 18.7 Å². The average molecular weight is 598 g/mol. The van der Waals surface area contributed by atoms with Crippen LogP contribution in [0.25, 0.3) is 10.9 Å². The van der Waals surface area contributed by atoms with Crippen molar-refractivity contribution >= 4 is 34.0 Å². The Labute approximate surface area is 246 Å². The first-order valence-corrected chi connectivity index (χ1v) is 13.9. The number of nitrogens with one attached hydrogen (secondary N) is 2. The summed E-state index contributed by atoms with van der Waals surface area (Å²) in [6.45, 7) is 2.89. The van der Waals surface area contributed by atoms with Crippen molar-refractivity contribution in [3.05, 3.63) is 60.7 Å². The van der Waals surface area contributed by atoms with Gasteiger partial charge in [-0.05, 0) is 31.0 Å². The summed E-state index contributed by atoms with van der Waals surface area (Å²) in [6, 6.07) is 7.46. The molecular weight excluding hydrogens is 564 g/mol. The Hall–Kier alpha value is -4.40. The number of aromatic nitrogens is 4. The van der Waals surface area contributed by atoms with Gasteiger partial charge >= 0.3 is 0 Å². The van der Waals surface area contributed by atoms with E-state index >= 15 is 0 Å². The van der Waals surface area contributed by atoms with E-state index in [0.29, 0.717) is 59.6 Å². The number of rotatable bonds is 13. The van der Waals surface area contributed by atoms with E-state index in [2.05, 4.69) is 30.6 Å². The fourth-order valence-corrected chi connectivity index (χ4v) is 4.95. The molecule has 12 nitrogen and oxygen atoms in total. The van der Waals surface area contributed by atoms with Gasteiger partial charge in [-0.1, -0.05) is 6.07 Å². The normalized spacial score (nSPS) is 13.8. The number of halogens is 2. The summed E-state index contributed by atoms with van der Waals surface area (Å²) in [5, 5.41) is 19.9. The van der Waals surface area contributed by atoms with Gasteiger partial charge in [0.1, 0.15) is 25.3 Å². The summed E-state index contributed by atoms with van der Waals surface area (Å²) >= 11 is 0. The van der Waals surface area contributed by atoms with Crippen LogP contribution >= 0.6 is 0 Å². The van der Waals surface area contributed by atoms with Gasteiger partial charge in [0, 0.05) is 50.0 Å². The highest BCUT2D eigenvalue weighted by Crippen LogP contribution is 2.34. The summed E-state index contributed by atoms with van der Waals surface area (Å²) < 4.78 is 45.8. The number of benzene rings is 2. The Morgan fingerprint density at radius 2 is 2.02 bits per heavy atom. The maximum absolute atomic E-state index is 13.9. The summed E-state index contributed by atoms with van der Waals surface area (Å²) in [4.78, 5) is 23.3. The van der Waals surface area contributed by atoms with Gasteiger partial charge in [-0.3, -0.25) is 14.4 Å². The highest BCUT2D eigenvalue weighted by Gasteiger charge is 2.21. The summed E-state index contributed by atoms with van der Waals surface area (Å²) in [6.07, 6.45) is 6.36. The first-order valence-electron chi connectivity index (χ1n) is 13.9. The summed E-state index contributed by atoms with van der Waals surface area (Å²) in [7, 11) is 1.55. The lowest BCUT2D eigenvalue weighted by atomic mass is 10.1. The number of anilines is 3. The number of hydrogen-bond donors (Lipinski definition) is 3. The van der Waals surface area contributed by atoms with E-state index < -0.39 is 17.5 Å². The number of hydrogen-bond acceptors (Lipinski definition) is 10. The van der Waals surface area contributed by atoms with E-state index in [-0.39, 0.29) is 18.8 Å². The average Bonchev–Trinajstić information content (AvgIpc) is 3.45. The predicted octanol–water partition coefficient (Wildman–Crippen LogP) is 3.35. The minimum Gasteiger partial charge on any atom is -0.493 e. The van der Waals surface area contributed by atoms with Crippen LogP contribution in [-0.4, -0.2) is 88.3 Å². The lowest BCUT2D eigenvalue weighted by Gasteiger charge is -2.33. The molecule has 1 aliphatic rings. The van der Waals surface area contributed by atoms with Crippen molar-refractivity contribution in [1.29, 1.82) is 0 Å². The molecule has 14 heteroatoms. The standard InChI is InChI=1S/C29H33F2N7O5/c1-41-25-13-21-24(14-26(25)43-12-8-37(7-9-39)20-5-10-42-11-6-20)32-18-33-29(21)35-19-15-34-38(16-19)17-27(40)36-23-4-2-3-22(30)28(23)31/h2-4,13-16,18,20,39H,5-12,17H2,1H3,(H,36,40)(H,32,33,35). The van der Waals surface area contributed by atoms with Gasteiger partial charge in [0.2, 0.25) is 5.91 Å². The second-order valence-corrected chi connectivity index (χ2v) is 9.90. The number of carbonyl (C=O) groups excluding carboxylic acids is 1. The van der Waals surface area contributed by atoms with Crippen LogP contribution in [0.4, 0.5) is 26.0 Å². The molecule has 5 rings (SSSR count). The molecule has 2 aromatic carbocycles. The van der Waals surface area contributed by atoms with Crippen LogP contribution in [0.2, 0.25) is 0 Å². The first-order chi connectivity index (χ1) is 20.9. The molecule has 1 amide bonds. The summed E-state index contributed by atoms with van der Waals surface area (Å²) in [5.74, 6) is -1.24. The van der Waals surface area contributed by atoms with Crippen LogP contribution in [0.15, 0.2) is 49.1 Å². The third-order valence-corrected chi connectivity index (χ3v) is 7.08. The number of ether oxygens (including phenoxy) is 3. The molecule has 0 aliphatic carbocycles. The second-order valence-electron chi connectivity index (χ2n) is 9.90. The van der Waals surface area contributed by atoms with Crippen LogP contribution in [-0.2, 0) is 16.1 Å². The smallest absolute Gasteiger partial charge is 0.246 e. The Bertz CT molecular complexity index is 1550. The molecule has 0 saturated carbocycles. The molecule has 1 saturated heterocycles. The number of aliphatic hydroxyl groups is 1. The van der Waals surface area contributed by atoms with E-state index in [1.165, 1.54) is 29.3 Å². The van der Waals surface area contributed by atoms with Crippen LogP contribution in [0.3, 0.4) is 0 Å². The highest BCUT2D eigenvalue weighted by molar-refractivity contribution is 5.93. The molecule has 3 N–H and O–H groups in total. The number of aliphatic hydroxyl groups excluding tert-OH is 1. The minimum atomic E-state index is -1.13. The highest BCUT2D eigenvalue weighted by atomic mass is 19.2. The third kappa shape index (κ3) is 7.52. The summed E-state index contributed by atoms with van der Waals surface area (Å²) in [5.41, 5.74) is 0.914. The van der Waals surface area contributed by atoms with E-state index in [1.807, 2.05) is 0 Å². The molecule has 0 unspecified atom stereocenters. The zero-order valence-corrected chi connectivity index (χ0v) is 23.6. The SMILES string of the molecule is COc1cc2c(Nc3cnn(CC(=O)Nc4cccc(F)c4F)c3)ncnc2cc1OCCN(CCO)C1CCOCC1. The number of amides is 1. The van der Waals surface area contributed by atoms with Crippen molar-refractivity contribution in [3.8, 4) is 11.5 Å². The molecule has 43 heavy (non-hydrogen) atoms. The van der Waals surface area contributed by atoms with E-state index in [1.54, 1.807) is 25.4 Å². The van der Waals surface area contributed by atoms with Gasteiger partial charge in [-0.2, -0.15) is 5.10 Å². The molecular formula is C29H33F2N7O5. The third-order valence-electron chi connectivity index (χ3n) is 7.08. The van der Waals surface area contributed by atoms with Crippen LogP contribution < -0.4 is 20.1 Å². The van der Waals surface area contributed by atoms with Crippen molar-refractivity contribution in [3.63, 3.8) is 0 Å². The number of fused-ring (bicyclic) bond motifs is 1. The zero-order chi connectivity index (χ0) is 30.2. The van der Waals surface area contributed by atoms with Crippen LogP contribution in [0, 0.1) is 11.6 Å². The molecule has 0 atom stereocenters. The van der Waals surface area contributed by atoms with Gasteiger partial charge in [0.05, 0.1) is 36.8 Å². The lowest BCUT2D eigenvalue weighted by Crippen LogP contribution is -2.43. The predicted molar refractivity (Wildman–Crippen MR) is 155 cm³/mol. The molecule has 0 radical (unpaired) electrons. The Kier molecular flexibility index (Phi) is 9.92. The number of carbonyl (C=O) groups is 1. The van der Waals surface area contributed by atoms with Crippen LogP contribution in [0.5, 0.6) is 11.5 Å². The topological polar surface area (TPSA) is 136 Å². The van der Waals surface area contributed by atoms with Gasteiger partial charge < -0.3 is 30.0 Å². The second kappa shape index (κ2) is 14.2. The number of nitrogens with zero attached hydrogens (tertiary/aromatic N) is 5. The van der Waals surface area contributed by atoms with E-state index in [0.717, 1.165) is 32.1 Å². The maximum atomic E-state index is 13.9. The fourth-order valence-electron chi connectivity index (χ4n) is 4.95. The molecule has 2 aromatic heterocycles. The lowest BCUT2D eigenvalue weighted by molar-refractivity contribution is -0.116. The van der Waals surface area contributed by atoms with Crippen molar-refractivity contribution in [2.75, 3.05) is 57.3 Å². The molecule has 4 aromatic rings. The molecule has 228 valence electrons. The van der Waals surface area contributed by atoms with Crippen molar-refractivity contribution in [1.82, 2.24) is 24.6 Å². The molecule has 1 aliphatic heterocycles. The fraction of sp³-hybridized carbons (Fsp3) is 0.379. The number of methoxy groups -OCH3 is 1. The van der Waals surface area contributed by atoms with Crippen LogP contribution in [0.1, 0.15) is 12.8 Å². The Morgan fingerprint density at radius 3 is 2.81 bits per heavy atom. The Morgan fingerprint density at radius 1 is 1.19 bits per heavy atom. The minimum absolute atomic E-state index is 0.0738. The van der Waals surface area contributed by atoms with E-state index in [4.69, 9.17) is 14.2 Å². The zero-order valence-electron chi connectivity index (χ0n) is 23.6. The van der Waals surface area contributed by atoms with Crippen molar-refractivity contribution in [2.24, 2.45) is 0 Å². The van der Waals surface area contributed by atoms with Crippen molar-refractivity contribution < 1.29 is 32.9 Å². The quantitative estimate of drug-likeness (QED) is 0.211. The van der Waals surface area contributed by atoms with Crippen molar-refractivity contribution in [2.45, 2.75) is 25.4 Å². The molecule has 0 bridgehead atoms. The molecule has 0 spiro atoms. The molecule has 1 fully saturated rings. The van der Waals surface area contributed by atoms with Gasteiger partial charge in [-0.15, -0.1) is 0 Å². The first kappa shape index (κ1) is 30.1. The van der Waals surface area contributed by atoms with E-state index in [9.17, 15) is 18.7 Å². The van der Waals surface area contributed by atoms with Gasteiger partial charge in [0.25, 0.3) is 0 Å². The largest absolute Gasteiger partial charge is 0.493 e. The Balaban J connectivity index is 1.24. The molecule has 3 heterocycles.